The number of rotatable bonds is 3. The molecule has 22 heavy (non-hydrogen) atoms. The van der Waals surface area contributed by atoms with Crippen LogP contribution in [0.5, 0.6) is 0 Å². The average Bonchev–Trinajstić information content (AvgIpc) is 2.55. The van der Waals surface area contributed by atoms with E-state index in [2.05, 4.69) is 15.4 Å². The molecule has 0 unspecified atom stereocenters. The van der Waals surface area contributed by atoms with E-state index in [1.807, 2.05) is 0 Å². The first-order chi connectivity index (χ1) is 10.6. The Hall–Kier alpha value is -3.15. The molecule has 0 aliphatic carbocycles. The third-order valence-corrected chi connectivity index (χ3v) is 2.80. The first-order valence-corrected chi connectivity index (χ1v) is 6.46. The van der Waals surface area contributed by atoms with Crippen LogP contribution >= 0.6 is 0 Å². The molecule has 2 amide bonds. The van der Waals surface area contributed by atoms with E-state index in [0.717, 1.165) is 0 Å². The number of benzene rings is 2. The quantitative estimate of drug-likeness (QED) is 0.671. The standard InChI is InChI=1S/C16H14N2O4/c1-22-16(21)11-7-9-13(10-8-11)18-15(20)14(19)17-12-5-3-2-4-6-12/h2-10H,1H3,(H,17,19)(H,18,20). The van der Waals surface area contributed by atoms with E-state index in [1.54, 1.807) is 30.3 Å². The third-order valence-electron chi connectivity index (χ3n) is 2.80. The molecule has 0 saturated carbocycles. The summed E-state index contributed by atoms with van der Waals surface area (Å²) >= 11 is 0. The van der Waals surface area contributed by atoms with E-state index >= 15 is 0 Å². The van der Waals surface area contributed by atoms with E-state index in [4.69, 9.17) is 0 Å². The molecule has 0 bridgehead atoms. The van der Waals surface area contributed by atoms with Crippen LogP contribution in [0, 0.1) is 0 Å². The second-order valence-electron chi connectivity index (χ2n) is 4.34. The van der Waals surface area contributed by atoms with Gasteiger partial charge in [-0.3, -0.25) is 9.59 Å². The molecule has 6 nitrogen and oxygen atoms in total. The van der Waals surface area contributed by atoms with Crippen molar-refractivity contribution in [2.45, 2.75) is 0 Å². The van der Waals surface area contributed by atoms with Crippen LogP contribution in [0.2, 0.25) is 0 Å². The second kappa shape index (κ2) is 7.03. The molecule has 0 radical (unpaired) electrons. The van der Waals surface area contributed by atoms with Crippen molar-refractivity contribution in [3.63, 3.8) is 0 Å². The number of carbonyl (C=O) groups is 3. The normalized spacial score (nSPS) is 9.68. The SMILES string of the molecule is COC(=O)c1ccc(NC(=O)C(=O)Nc2ccccc2)cc1. The maximum atomic E-state index is 11.8. The van der Waals surface area contributed by atoms with Gasteiger partial charge in [0.1, 0.15) is 0 Å². The summed E-state index contributed by atoms with van der Waals surface area (Å²) in [5.41, 5.74) is 1.29. The Bertz CT molecular complexity index is 681. The Morgan fingerprint density at radius 2 is 1.27 bits per heavy atom. The van der Waals surface area contributed by atoms with Crippen LogP contribution in [0.1, 0.15) is 10.4 Å². The van der Waals surface area contributed by atoms with Gasteiger partial charge in [0.15, 0.2) is 0 Å². The predicted molar refractivity (Wildman–Crippen MR) is 81.5 cm³/mol. The third kappa shape index (κ3) is 3.92. The number of hydrogen-bond acceptors (Lipinski definition) is 4. The van der Waals surface area contributed by atoms with Gasteiger partial charge in [-0.05, 0) is 36.4 Å². The number of nitrogens with one attached hydrogen (secondary N) is 2. The summed E-state index contributed by atoms with van der Waals surface area (Å²) in [6.45, 7) is 0. The van der Waals surface area contributed by atoms with Gasteiger partial charge in [0.05, 0.1) is 12.7 Å². The number of amides is 2. The molecular formula is C16H14N2O4. The maximum absolute atomic E-state index is 11.8. The highest BCUT2D eigenvalue weighted by molar-refractivity contribution is 6.43. The van der Waals surface area contributed by atoms with Gasteiger partial charge >= 0.3 is 17.8 Å². The van der Waals surface area contributed by atoms with Crippen molar-refractivity contribution in [1.29, 1.82) is 0 Å². The number of para-hydroxylation sites is 1. The lowest BCUT2D eigenvalue weighted by Gasteiger charge is -2.07. The Morgan fingerprint density at radius 1 is 0.773 bits per heavy atom. The zero-order valence-corrected chi connectivity index (χ0v) is 11.8. The van der Waals surface area contributed by atoms with E-state index < -0.39 is 17.8 Å². The Balaban J connectivity index is 1.96. The van der Waals surface area contributed by atoms with Gasteiger partial charge < -0.3 is 15.4 Å². The Labute approximate surface area is 127 Å². The molecule has 0 fully saturated rings. The number of hydrogen-bond donors (Lipinski definition) is 2. The van der Waals surface area contributed by atoms with Crippen LogP contribution < -0.4 is 10.6 Å². The maximum Gasteiger partial charge on any atom is 0.337 e. The van der Waals surface area contributed by atoms with Crippen molar-refractivity contribution in [1.82, 2.24) is 0 Å². The fourth-order valence-electron chi connectivity index (χ4n) is 1.70. The molecule has 6 heteroatoms. The number of ether oxygens (including phenoxy) is 1. The van der Waals surface area contributed by atoms with Crippen molar-refractivity contribution in [2.75, 3.05) is 17.7 Å². The summed E-state index contributed by atoms with van der Waals surface area (Å²) in [5, 5.41) is 4.92. The summed E-state index contributed by atoms with van der Waals surface area (Å²) in [4.78, 5) is 34.8. The zero-order chi connectivity index (χ0) is 15.9. The first-order valence-electron chi connectivity index (χ1n) is 6.46. The summed E-state index contributed by atoms with van der Waals surface area (Å²) in [5.74, 6) is -2.04. The van der Waals surface area contributed by atoms with Gasteiger partial charge in [-0.1, -0.05) is 18.2 Å². The predicted octanol–water partition coefficient (Wildman–Crippen LogP) is 2.05. The summed E-state index contributed by atoms with van der Waals surface area (Å²) in [6.07, 6.45) is 0. The highest BCUT2D eigenvalue weighted by atomic mass is 16.5. The topological polar surface area (TPSA) is 84.5 Å². The minimum absolute atomic E-state index is 0.356. The lowest BCUT2D eigenvalue weighted by molar-refractivity contribution is -0.132. The summed E-state index contributed by atoms with van der Waals surface area (Å²) < 4.78 is 4.57. The molecular weight excluding hydrogens is 284 g/mol. The largest absolute Gasteiger partial charge is 0.465 e. The fraction of sp³-hybridized carbons (Fsp3) is 0.0625. The fourth-order valence-corrected chi connectivity index (χ4v) is 1.70. The summed E-state index contributed by atoms with van der Waals surface area (Å²) in [6, 6.07) is 14.7. The molecule has 0 aliphatic rings. The molecule has 0 atom stereocenters. The van der Waals surface area contributed by atoms with Gasteiger partial charge in [-0.25, -0.2) is 4.79 Å². The van der Waals surface area contributed by atoms with Crippen molar-refractivity contribution in [3.8, 4) is 0 Å². The number of methoxy groups -OCH3 is 1. The van der Waals surface area contributed by atoms with Crippen molar-refractivity contribution >= 4 is 29.2 Å². The van der Waals surface area contributed by atoms with Gasteiger partial charge in [-0.2, -0.15) is 0 Å². The number of carbonyl (C=O) groups excluding carboxylic acids is 3. The number of anilines is 2. The average molecular weight is 298 g/mol. The lowest BCUT2D eigenvalue weighted by atomic mass is 10.2. The minimum Gasteiger partial charge on any atom is -0.465 e. The lowest BCUT2D eigenvalue weighted by Crippen LogP contribution is -2.29. The first kappa shape index (κ1) is 15.2. The molecule has 112 valence electrons. The highest BCUT2D eigenvalue weighted by Gasteiger charge is 2.14. The van der Waals surface area contributed by atoms with Crippen LogP contribution in [0.3, 0.4) is 0 Å². The molecule has 0 saturated heterocycles. The van der Waals surface area contributed by atoms with Gasteiger partial charge in [0.2, 0.25) is 0 Å². The monoisotopic (exact) mass is 298 g/mol. The molecule has 2 N–H and O–H groups in total. The summed E-state index contributed by atoms with van der Waals surface area (Å²) in [7, 11) is 1.28. The molecule has 2 rings (SSSR count). The van der Waals surface area contributed by atoms with Crippen molar-refractivity contribution < 1.29 is 19.1 Å². The molecule has 0 aromatic heterocycles. The van der Waals surface area contributed by atoms with E-state index in [9.17, 15) is 14.4 Å². The van der Waals surface area contributed by atoms with Crippen molar-refractivity contribution in [3.05, 3.63) is 60.2 Å². The van der Waals surface area contributed by atoms with Gasteiger partial charge in [-0.15, -0.1) is 0 Å². The van der Waals surface area contributed by atoms with Crippen LogP contribution in [-0.2, 0) is 14.3 Å². The molecule has 0 heterocycles. The van der Waals surface area contributed by atoms with Crippen LogP contribution in [0.15, 0.2) is 54.6 Å². The molecule has 0 spiro atoms. The van der Waals surface area contributed by atoms with E-state index in [0.29, 0.717) is 16.9 Å². The zero-order valence-electron chi connectivity index (χ0n) is 11.8. The number of esters is 1. The molecule has 0 aliphatic heterocycles. The van der Waals surface area contributed by atoms with Crippen molar-refractivity contribution in [2.24, 2.45) is 0 Å². The second-order valence-corrected chi connectivity index (χ2v) is 4.34. The smallest absolute Gasteiger partial charge is 0.337 e. The minimum atomic E-state index is -0.797. The van der Waals surface area contributed by atoms with E-state index in [-0.39, 0.29) is 0 Å². The van der Waals surface area contributed by atoms with Crippen LogP contribution in [-0.4, -0.2) is 24.9 Å². The Morgan fingerprint density at radius 3 is 1.77 bits per heavy atom. The van der Waals surface area contributed by atoms with Crippen LogP contribution in [0.4, 0.5) is 11.4 Å². The van der Waals surface area contributed by atoms with Gasteiger partial charge in [0.25, 0.3) is 0 Å². The highest BCUT2D eigenvalue weighted by Crippen LogP contribution is 2.11. The molecule has 2 aromatic rings. The van der Waals surface area contributed by atoms with E-state index in [1.165, 1.54) is 31.4 Å². The Kier molecular flexibility index (Phi) is 4.87. The molecule has 2 aromatic carbocycles. The van der Waals surface area contributed by atoms with Gasteiger partial charge in [0, 0.05) is 11.4 Å². The van der Waals surface area contributed by atoms with Crippen LogP contribution in [0.25, 0.3) is 0 Å².